The van der Waals surface area contributed by atoms with E-state index in [4.69, 9.17) is 0 Å². The maximum atomic E-state index is 13.2. The van der Waals surface area contributed by atoms with Crippen LogP contribution in [-0.4, -0.2) is 37.0 Å². The molecular formula is C13H17F2NO3S. The van der Waals surface area contributed by atoms with Gasteiger partial charge in [0.2, 0.25) is 10.0 Å². The molecule has 0 spiro atoms. The van der Waals surface area contributed by atoms with Crippen molar-refractivity contribution in [2.24, 2.45) is 0 Å². The summed E-state index contributed by atoms with van der Waals surface area (Å²) in [5.41, 5.74) is 0. The van der Waals surface area contributed by atoms with Crippen LogP contribution in [0.25, 0.3) is 0 Å². The maximum Gasteiger partial charge on any atom is 0.243 e. The third-order valence-corrected chi connectivity index (χ3v) is 5.61. The molecule has 1 fully saturated rings. The quantitative estimate of drug-likeness (QED) is 0.928. The van der Waals surface area contributed by atoms with Crippen molar-refractivity contribution in [1.82, 2.24) is 4.31 Å². The fourth-order valence-electron chi connectivity index (χ4n) is 2.50. The second kappa shape index (κ2) is 5.75. The van der Waals surface area contributed by atoms with E-state index in [0.717, 1.165) is 29.3 Å². The lowest BCUT2D eigenvalue weighted by Crippen LogP contribution is -2.46. The Bertz CT molecular complexity index is 591. The molecule has 1 aromatic carbocycles. The SMILES string of the molecule is CN(C1CCCCC1O)S(=O)(=O)c1ccc(F)c(F)c1. The second-order valence-corrected chi connectivity index (χ2v) is 7.01. The molecule has 0 bridgehead atoms. The predicted molar refractivity (Wildman–Crippen MR) is 69.6 cm³/mol. The Morgan fingerprint density at radius 2 is 1.85 bits per heavy atom. The van der Waals surface area contributed by atoms with E-state index in [1.807, 2.05) is 0 Å². The number of aliphatic hydroxyl groups is 1. The minimum atomic E-state index is -3.94. The molecule has 20 heavy (non-hydrogen) atoms. The second-order valence-electron chi connectivity index (χ2n) is 5.02. The molecule has 0 saturated heterocycles. The third-order valence-electron chi connectivity index (χ3n) is 3.73. The van der Waals surface area contributed by atoms with Gasteiger partial charge in [0.25, 0.3) is 0 Å². The number of rotatable bonds is 3. The van der Waals surface area contributed by atoms with Crippen LogP contribution in [0.15, 0.2) is 23.1 Å². The van der Waals surface area contributed by atoms with Gasteiger partial charge >= 0.3 is 0 Å². The Hall–Kier alpha value is -1.05. The Labute approximate surface area is 117 Å². The molecule has 1 aromatic rings. The van der Waals surface area contributed by atoms with E-state index in [9.17, 15) is 22.3 Å². The predicted octanol–water partition coefficient (Wildman–Crippen LogP) is 1.89. The monoisotopic (exact) mass is 305 g/mol. The summed E-state index contributed by atoms with van der Waals surface area (Å²) in [6, 6.07) is 1.95. The molecule has 7 heteroatoms. The molecular weight excluding hydrogens is 288 g/mol. The molecule has 0 heterocycles. The van der Waals surface area contributed by atoms with Crippen LogP contribution in [-0.2, 0) is 10.0 Å². The number of aliphatic hydroxyl groups excluding tert-OH is 1. The number of benzene rings is 1. The summed E-state index contributed by atoms with van der Waals surface area (Å²) in [6.45, 7) is 0. The van der Waals surface area contributed by atoms with Crippen LogP contribution in [0.2, 0.25) is 0 Å². The van der Waals surface area contributed by atoms with E-state index in [1.165, 1.54) is 7.05 Å². The molecule has 1 N–H and O–H groups in total. The maximum absolute atomic E-state index is 13.2. The van der Waals surface area contributed by atoms with Crippen molar-refractivity contribution in [1.29, 1.82) is 0 Å². The summed E-state index contributed by atoms with van der Waals surface area (Å²) < 4.78 is 51.9. The normalized spacial score (nSPS) is 24.1. The van der Waals surface area contributed by atoms with Crippen molar-refractivity contribution in [3.05, 3.63) is 29.8 Å². The molecule has 1 aliphatic carbocycles. The number of hydrogen-bond acceptors (Lipinski definition) is 3. The van der Waals surface area contributed by atoms with E-state index in [-0.39, 0.29) is 4.90 Å². The number of hydrogen-bond donors (Lipinski definition) is 1. The molecule has 2 rings (SSSR count). The molecule has 0 aromatic heterocycles. The van der Waals surface area contributed by atoms with Gasteiger partial charge in [-0.25, -0.2) is 17.2 Å². The van der Waals surface area contributed by atoms with Gasteiger partial charge in [-0.05, 0) is 31.0 Å². The fourth-order valence-corrected chi connectivity index (χ4v) is 3.93. The van der Waals surface area contributed by atoms with E-state index >= 15 is 0 Å². The number of sulfonamides is 1. The topological polar surface area (TPSA) is 57.6 Å². The van der Waals surface area contributed by atoms with Crippen LogP contribution < -0.4 is 0 Å². The van der Waals surface area contributed by atoms with Crippen LogP contribution in [0.3, 0.4) is 0 Å². The Morgan fingerprint density at radius 1 is 1.20 bits per heavy atom. The summed E-state index contributed by atoms with van der Waals surface area (Å²) in [7, 11) is -2.59. The van der Waals surface area contributed by atoms with E-state index in [0.29, 0.717) is 18.9 Å². The lowest BCUT2D eigenvalue weighted by molar-refractivity contribution is 0.0638. The number of nitrogens with zero attached hydrogens (tertiary/aromatic N) is 1. The van der Waals surface area contributed by atoms with Gasteiger partial charge in [0, 0.05) is 7.05 Å². The van der Waals surface area contributed by atoms with Crippen molar-refractivity contribution in [3.8, 4) is 0 Å². The highest BCUT2D eigenvalue weighted by Crippen LogP contribution is 2.27. The van der Waals surface area contributed by atoms with Gasteiger partial charge in [-0.15, -0.1) is 0 Å². The van der Waals surface area contributed by atoms with Gasteiger partial charge < -0.3 is 5.11 Å². The molecule has 2 unspecified atom stereocenters. The van der Waals surface area contributed by atoms with Crippen LogP contribution >= 0.6 is 0 Å². The lowest BCUT2D eigenvalue weighted by atomic mass is 9.93. The van der Waals surface area contributed by atoms with Crippen LogP contribution in [0.4, 0.5) is 8.78 Å². The first-order chi connectivity index (χ1) is 9.34. The van der Waals surface area contributed by atoms with Crippen molar-refractivity contribution in [3.63, 3.8) is 0 Å². The van der Waals surface area contributed by atoms with Gasteiger partial charge in [-0.2, -0.15) is 4.31 Å². The van der Waals surface area contributed by atoms with Crippen molar-refractivity contribution < 1.29 is 22.3 Å². The van der Waals surface area contributed by atoms with E-state index in [1.54, 1.807) is 0 Å². The zero-order chi connectivity index (χ0) is 14.9. The third kappa shape index (κ3) is 2.84. The van der Waals surface area contributed by atoms with E-state index in [2.05, 4.69) is 0 Å². The summed E-state index contributed by atoms with van der Waals surface area (Å²) in [4.78, 5) is -0.309. The lowest BCUT2D eigenvalue weighted by Gasteiger charge is -2.34. The largest absolute Gasteiger partial charge is 0.391 e. The molecule has 0 amide bonds. The zero-order valence-electron chi connectivity index (χ0n) is 11.1. The van der Waals surface area contributed by atoms with Crippen molar-refractivity contribution in [2.75, 3.05) is 7.05 Å². The van der Waals surface area contributed by atoms with Gasteiger partial charge in [0.05, 0.1) is 17.0 Å². The van der Waals surface area contributed by atoms with Gasteiger partial charge in [-0.1, -0.05) is 12.8 Å². The summed E-state index contributed by atoms with van der Waals surface area (Å²) in [5.74, 6) is -2.30. The molecule has 2 atom stereocenters. The first-order valence-corrected chi connectivity index (χ1v) is 7.89. The first-order valence-electron chi connectivity index (χ1n) is 6.45. The highest BCUT2D eigenvalue weighted by atomic mass is 32.2. The molecule has 1 aliphatic rings. The van der Waals surface area contributed by atoms with Crippen molar-refractivity contribution in [2.45, 2.75) is 42.7 Å². The highest BCUT2D eigenvalue weighted by Gasteiger charge is 2.34. The molecule has 4 nitrogen and oxygen atoms in total. The Morgan fingerprint density at radius 3 is 2.45 bits per heavy atom. The number of halogens is 2. The minimum absolute atomic E-state index is 0.309. The van der Waals surface area contributed by atoms with Crippen molar-refractivity contribution >= 4 is 10.0 Å². The summed E-state index contributed by atoms with van der Waals surface area (Å²) in [6.07, 6.45) is 2.06. The first kappa shape index (κ1) is 15.3. The van der Waals surface area contributed by atoms with Crippen LogP contribution in [0.1, 0.15) is 25.7 Å². The summed E-state index contributed by atoms with van der Waals surface area (Å²) >= 11 is 0. The molecule has 112 valence electrons. The van der Waals surface area contributed by atoms with Gasteiger partial charge in [-0.3, -0.25) is 0 Å². The average Bonchev–Trinajstić information content (AvgIpc) is 2.41. The molecule has 0 radical (unpaired) electrons. The fraction of sp³-hybridized carbons (Fsp3) is 0.538. The van der Waals surface area contributed by atoms with E-state index < -0.39 is 33.8 Å². The Balaban J connectivity index is 2.31. The van der Waals surface area contributed by atoms with Crippen LogP contribution in [0, 0.1) is 11.6 Å². The molecule has 0 aliphatic heterocycles. The Kier molecular flexibility index (Phi) is 4.41. The van der Waals surface area contributed by atoms with Crippen LogP contribution in [0.5, 0.6) is 0 Å². The van der Waals surface area contributed by atoms with Gasteiger partial charge in [0.15, 0.2) is 11.6 Å². The smallest absolute Gasteiger partial charge is 0.243 e. The standard InChI is InChI=1S/C13H17F2NO3S/c1-16(12-4-2-3-5-13(12)17)20(18,19)9-6-7-10(14)11(15)8-9/h6-8,12-13,17H,2-5H2,1H3. The summed E-state index contributed by atoms with van der Waals surface area (Å²) in [5, 5.41) is 9.91. The zero-order valence-corrected chi connectivity index (χ0v) is 11.9. The minimum Gasteiger partial charge on any atom is -0.391 e. The van der Waals surface area contributed by atoms with Gasteiger partial charge in [0.1, 0.15) is 0 Å². The highest BCUT2D eigenvalue weighted by molar-refractivity contribution is 7.89. The number of likely N-dealkylation sites (N-methyl/N-ethyl adjacent to an activating group) is 1. The molecule has 1 saturated carbocycles. The average molecular weight is 305 g/mol.